The van der Waals surface area contributed by atoms with Crippen LogP contribution in [0.1, 0.15) is 86.0 Å². The second-order valence-electron chi connectivity index (χ2n) is 6.75. The number of Topliss-reactive ketones (excluding diaryl/α,β-unsaturated/α-hetero) is 1. The van der Waals surface area contributed by atoms with Crippen molar-refractivity contribution in [3.63, 3.8) is 0 Å². The molecule has 2 N–H and O–H groups in total. The Morgan fingerprint density at radius 3 is 1.50 bits per heavy atom. The van der Waals surface area contributed by atoms with Gasteiger partial charge in [0.05, 0.1) is 13.2 Å². The Morgan fingerprint density at radius 2 is 1.27 bits per heavy atom. The van der Waals surface area contributed by atoms with Crippen LogP contribution in [0.15, 0.2) is 0 Å². The summed E-state index contributed by atoms with van der Waals surface area (Å²) in [6.45, 7) is 10.1. The topological polar surface area (TPSA) is 93.1 Å². The number of unbranched alkanes of at least 4 members (excludes halogenated alkanes) is 2. The third-order valence-electron chi connectivity index (χ3n) is 4.26. The van der Waals surface area contributed by atoms with Crippen molar-refractivity contribution in [2.75, 3.05) is 19.8 Å². The highest BCUT2D eigenvalue weighted by atomic mass is 31.2. The van der Waals surface area contributed by atoms with Crippen molar-refractivity contribution in [2.24, 2.45) is 11.8 Å². The molecule has 0 aliphatic heterocycles. The molecule has 2 atom stereocenters. The van der Waals surface area contributed by atoms with Crippen molar-refractivity contribution in [3.05, 3.63) is 0 Å². The molecule has 26 heavy (non-hydrogen) atoms. The minimum absolute atomic E-state index is 0.190. The lowest BCUT2D eigenvalue weighted by molar-refractivity contribution is -0.119. The standard InChI is InChI=1S/C16H35O4P.C3H6O2/c1-5-9-11-15(7-3)13-19-21(17,18)20-14-16(8-4)12-10-6-2;1-3(5)2-4/h15-16H,5-14H2,1-4H3,(H,17,18);4H,2H2,1H3. The van der Waals surface area contributed by atoms with Crippen molar-refractivity contribution < 1.29 is 28.4 Å². The van der Waals surface area contributed by atoms with Gasteiger partial charge in [-0.15, -0.1) is 0 Å². The number of hydrogen-bond acceptors (Lipinski definition) is 5. The fraction of sp³-hybridized carbons (Fsp3) is 0.947. The van der Waals surface area contributed by atoms with Crippen molar-refractivity contribution in [1.29, 1.82) is 0 Å². The summed E-state index contributed by atoms with van der Waals surface area (Å²) in [7, 11) is -3.89. The lowest BCUT2D eigenvalue weighted by atomic mass is 10.0. The average Bonchev–Trinajstić information content (AvgIpc) is 2.62. The third kappa shape index (κ3) is 18.5. The third-order valence-corrected chi connectivity index (χ3v) is 5.21. The maximum atomic E-state index is 11.9. The lowest BCUT2D eigenvalue weighted by Gasteiger charge is -2.20. The van der Waals surface area contributed by atoms with E-state index in [4.69, 9.17) is 14.2 Å². The number of carbonyl (C=O) groups is 1. The van der Waals surface area contributed by atoms with Crippen molar-refractivity contribution >= 4 is 13.6 Å². The quantitative estimate of drug-likeness (QED) is 0.373. The van der Waals surface area contributed by atoms with E-state index in [1.165, 1.54) is 6.92 Å². The molecule has 0 bridgehead atoms. The van der Waals surface area contributed by atoms with Crippen LogP contribution in [0, 0.1) is 11.8 Å². The molecule has 0 aliphatic rings. The molecule has 0 aromatic carbocycles. The molecular formula is C19H41O6P. The Kier molecular flexibility index (Phi) is 19.5. The van der Waals surface area contributed by atoms with Gasteiger partial charge in [-0.25, -0.2) is 4.57 Å². The zero-order valence-electron chi connectivity index (χ0n) is 17.4. The van der Waals surface area contributed by atoms with E-state index in [0.29, 0.717) is 25.0 Å². The van der Waals surface area contributed by atoms with Gasteiger partial charge in [0.2, 0.25) is 0 Å². The first-order chi connectivity index (χ1) is 12.3. The molecule has 2 unspecified atom stereocenters. The van der Waals surface area contributed by atoms with Crippen LogP contribution >= 0.6 is 7.82 Å². The zero-order chi connectivity index (χ0) is 20.4. The highest BCUT2D eigenvalue weighted by Gasteiger charge is 2.24. The zero-order valence-corrected chi connectivity index (χ0v) is 18.3. The maximum absolute atomic E-state index is 11.9. The molecule has 0 amide bonds. The van der Waals surface area contributed by atoms with Crippen LogP contribution in [-0.2, 0) is 18.4 Å². The van der Waals surface area contributed by atoms with Crippen LogP contribution in [-0.4, -0.2) is 35.6 Å². The van der Waals surface area contributed by atoms with Gasteiger partial charge in [0.25, 0.3) is 0 Å². The van der Waals surface area contributed by atoms with Crippen LogP contribution in [0.25, 0.3) is 0 Å². The smallest absolute Gasteiger partial charge is 0.389 e. The molecule has 0 radical (unpaired) electrons. The fourth-order valence-corrected chi connectivity index (χ4v) is 3.11. The van der Waals surface area contributed by atoms with Crippen molar-refractivity contribution in [3.8, 4) is 0 Å². The summed E-state index contributed by atoms with van der Waals surface area (Å²) >= 11 is 0. The molecule has 0 rings (SSSR count). The average molecular weight is 397 g/mol. The molecule has 0 saturated heterocycles. The van der Waals surface area contributed by atoms with Crippen LogP contribution in [0.3, 0.4) is 0 Å². The van der Waals surface area contributed by atoms with E-state index >= 15 is 0 Å². The number of carbonyl (C=O) groups excluding carboxylic acids is 1. The van der Waals surface area contributed by atoms with Crippen LogP contribution in [0.4, 0.5) is 0 Å². The van der Waals surface area contributed by atoms with E-state index in [9.17, 15) is 14.3 Å². The summed E-state index contributed by atoms with van der Waals surface area (Å²) in [6.07, 6.45) is 8.56. The molecule has 6 nitrogen and oxygen atoms in total. The second-order valence-corrected chi connectivity index (χ2v) is 8.21. The number of aliphatic hydroxyl groups is 1. The molecule has 158 valence electrons. The predicted molar refractivity (Wildman–Crippen MR) is 106 cm³/mol. The first kappa shape index (κ1) is 28.0. The summed E-state index contributed by atoms with van der Waals surface area (Å²) in [6, 6.07) is 0. The van der Waals surface area contributed by atoms with Gasteiger partial charge in [-0.1, -0.05) is 66.2 Å². The second kappa shape index (κ2) is 18.1. The molecule has 0 aromatic rings. The SMILES string of the molecule is CC(=O)CO.CCCCC(CC)COP(=O)(O)OCC(CC)CCCC. The predicted octanol–water partition coefficient (Wildman–Crippen LogP) is 5.12. The Bertz CT molecular complexity index is 351. The van der Waals surface area contributed by atoms with E-state index in [1.54, 1.807) is 0 Å². The van der Waals surface area contributed by atoms with Gasteiger partial charge >= 0.3 is 7.82 Å². The molecule has 0 heterocycles. The van der Waals surface area contributed by atoms with E-state index < -0.39 is 7.82 Å². The summed E-state index contributed by atoms with van der Waals surface area (Å²) in [5, 5.41) is 7.79. The maximum Gasteiger partial charge on any atom is 0.472 e. The summed E-state index contributed by atoms with van der Waals surface area (Å²) in [5.74, 6) is 0.497. The van der Waals surface area contributed by atoms with Gasteiger partial charge in [-0.2, -0.15) is 0 Å². The number of hydrogen-bond donors (Lipinski definition) is 2. The van der Waals surface area contributed by atoms with Crippen LogP contribution in [0.5, 0.6) is 0 Å². The van der Waals surface area contributed by atoms with E-state index in [0.717, 1.165) is 51.4 Å². The Balaban J connectivity index is 0. The normalized spacial score (nSPS) is 15.5. The van der Waals surface area contributed by atoms with E-state index in [1.807, 2.05) is 0 Å². The van der Waals surface area contributed by atoms with E-state index in [-0.39, 0.29) is 12.4 Å². The highest BCUT2D eigenvalue weighted by Crippen LogP contribution is 2.44. The molecule has 0 spiro atoms. The molecule has 0 aliphatic carbocycles. The van der Waals surface area contributed by atoms with E-state index in [2.05, 4.69) is 27.7 Å². The molecule has 0 saturated carbocycles. The fourth-order valence-electron chi connectivity index (χ4n) is 2.23. The number of phosphoric ester groups is 1. The van der Waals surface area contributed by atoms with Crippen LogP contribution in [0.2, 0.25) is 0 Å². The summed E-state index contributed by atoms with van der Waals surface area (Å²) in [4.78, 5) is 19.3. The van der Waals surface area contributed by atoms with Crippen molar-refractivity contribution in [1.82, 2.24) is 0 Å². The van der Waals surface area contributed by atoms with Gasteiger partial charge in [-0.05, 0) is 31.6 Å². The van der Waals surface area contributed by atoms with Crippen molar-refractivity contribution in [2.45, 2.75) is 86.0 Å². The van der Waals surface area contributed by atoms with Crippen LogP contribution < -0.4 is 0 Å². The van der Waals surface area contributed by atoms with Gasteiger partial charge in [0.15, 0.2) is 5.78 Å². The molecular weight excluding hydrogens is 355 g/mol. The monoisotopic (exact) mass is 396 g/mol. The first-order valence-corrected chi connectivity index (χ1v) is 11.5. The number of ketones is 1. The summed E-state index contributed by atoms with van der Waals surface area (Å²) < 4.78 is 22.2. The first-order valence-electron chi connectivity index (χ1n) is 9.98. The Hall–Kier alpha value is -0.260. The van der Waals surface area contributed by atoms with Gasteiger partial charge in [-0.3, -0.25) is 13.8 Å². The largest absolute Gasteiger partial charge is 0.472 e. The van der Waals surface area contributed by atoms with Gasteiger partial charge in [0.1, 0.15) is 6.61 Å². The number of aliphatic hydroxyl groups excluding tert-OH is 1. The summed E-state index contributed by atoms with van der Waals surface area (Å²) in [5.41, 5.74) is 0. The highest BCUT2D eigenvalue weighted by molar-refractivity contribution is 7.47. The Morgan fingerprint density at radius 1 is 0.923 bits per heavy atom. The minimum Gasteiger partial charge on any atom is -0.389 e. The molecule has 0 aromatic heterocycles. The minimum atomic E-state index is -3.89. The van der Waals surface area contributed by atoms with Gasteiger partial charge in [0, 0.05) is 0 Å². The number of phosphoric acid groups is 1. The molecule has 7 heteroatoms. The molecule has 0 fully saturated rings. The lowest BCUT2D eigenvalue weighted by Crippen LogP contribution is -2.12. The number of rotatable bonds is 15. The van der Waals surface area contributed by atoms with Gasteiger partial charge < -0.3 is 10.00 Å². The Labute approximate surface area is 160 Å².